The number of nitrogens with zero attached hydrogens (tertiary/aromatic N) is 21. The number of likely N-dealkylation sites (tertiary alicyclic amines) is 3. The van der Waals surface area contributed by atoms with Gasteiger partial charge in [-0.2, -0.15) is 20.4 Å². The summed E-state index contributed by atoms with van der Waals surface area (Å²) in [6.07, 6.45) is 25.4. The van der Waals surface area contributed by atoms with Crippen molar-refractivity contribution in [3.63, 3.8) is 0 Å². The fraction of sp³-hybridized carbons (Fsp3) is 0.547. The van der Waals surface area contributed by atoms with Crippen LogP contribution in [0.25, 0.3) is 44.1 Å². The van der Waals surface area contributed by atoms with Crippen molar-refractivity contribution in [1.29, 1.82) is 0 Å². The Labute approximate surface area is 721 Å². The van der Waals surface area contributed by atoms with Crippen LogP contribution in [0.4, 0.5) is 29.0 Å². The number of anilines is 5. The van der Waals surface area contributed by atoms with Gasteiger partial charge in [0, 0.05) is 156 Å². The minimum atomic E-state index is -1.10. The zero-order valence-electron chi connectivity index (χ0n) is 70.9. The van der Waals surface area contributed by atoms with E-state index in [1.165, 1.54) is 81.9 Å². The van der Waals surface area contributed by atoms with Gasteiger partial charge in [0.05, 0.1) is 52.9 Å². The fourth-order valence-electron chi connectivity index (χ4n) is 15.7. The van der Waals surface area contributed by atoms with Crippen LogP contribution in [0.2, 0.25) is 61.4 Å². The van der Waals surface area contributed by atoms with Crippen LogP contribution >= 0.6 is 23.2 Å². The van der Waals surface area contributed by atoms with Gasteiger partial charge in [-0.25, -0.2) is 49.2 Å². The quantitative estimate of drug-likeness (QED) is 0.0217. The van der Waals surface area contributed by atoms with Crippen LogP contribution in [0.5, 0.6) is 0 Å². The lowest BCUT2D eigenvalue weighted by atomic mass is 10.0. The number of aromatic amines is 2. The van der Waals surface area contributed by atoms with Gasteiger partial charge in [-0.1, -0.05) is 138 Å². The molecule has 0 bridgehead atoms. The molecule has 8 aromatic heterocycles. The molecular weight excluding hydrogens is 1590 g/mol. The highest BCUT2D eigenvalue weighted by Gasteiger charge is 2.31. The standard InChI is InChI=1S/C24H36N6OSi.C19H21Cl2N7O.C17H30N6OSi.C13H20N2.C11H16N6.2CH4/c1-28(21-11-8-12-29(17-21)16-20-9-6-5-7-10-20)23-22-15-27-30(24(22)26-18-25-23)19-31-13-14-32(2,3)4;1-27(19-16-8-25-26-18(16)23-11-24-19)15-3-2-4-28(10-15)17(29)9-22-14-6-12(20)5-13(21)7-14;1-22(14-6-5-7-18-10-14)16-15-11-21-23(17(15)20-12-19-16)13-24-8-9-25(2,3)4;1-14-13-8-5-9-15(11-13)10-12-6-3-2-4-7-12;1-17(8-3-2-4-12-5-8)11-9-6-15-16-10(9)13-7-14-11;;/h5-7,9-10,15,18,21H,8,11-14,16-17,19H2,1-4H3;5-8,11,15,22H,2-4,9-10H2,1H3,(H,23,24,25,26);11-12,14,18H,5-10,13H2,1-4H3;2-4,6-7,13-14H,5,8-11H2,1H3;6-8,12H,2-5H2,1H3,(H,13,14,15,16);2*1H4/t21-;15-;14-;13-;8-;;/m00000../s1. The van der Waals surface area contributed by atoms with Crippen molar-refractivity contribution in [3.05, 3.63) is 150 Å². The number of ether oxygens (including phenoxy) is 2. The third-order valence-corrected chi connectivity index (χ3v) is 26.6. The Hall–Kier alpha value is -8.94. The van der Waals surface area contributed by atoms with E-state index in [9.17, 15) is 4.79 Å². The molecule has 16 rings (SSSR count). The minimum Gasteiger partial charge on any atom is -0.376 e. The number of carbonyl (C=O) groups is 1. The number of hydrogen-bond acceptors (Lipinski definition) is 25. The molecule has 1 amide bonds. The Kier molecular flexibility index (Phi) is 35.6. The number of likely N-dealkylation sites (N-methyl/N-ethyl adjacent to an activating group) is 5. The molecule has 0 spiro atoms. The van der Waals surface area contributed by atoms with Gasteiger partial charge < -0.3 is 55.2 Å². The second-order valence-corrected chi connectivity index (χ2v) is 46.1. The van der Waals surface area contributed by atoms with E-state index in [0.717, 1.165) is 164 Å². The molecule has 5 aliphatic heterocycles. The van der Waals surface area contributed by atoms with E-state index < -0.39 is 16.1 Å². The first-order chi connectivity index (χ1) is 57.1. The Bertz CT molecular complexity index is 4840. The number of carbonyl (C=O) groups excluding carboxylic acids is 1. The molecule has 0 unspecified atom stereocenters. The molecule has 6 N–H and O–H groups in total. The molecule has 0 radical (unpaired) electrons. The van der Waals surface area contributed by atoms with Crippen molar-refractivity contribution >= 4 is 118 Å². The van der Waals surface area contributed by atoms with Crippen molar-refractivity contribution in [2.45, 2.75) is 187 Å². The molecule has 11 aromatic rings. The minimum absolute atomic E-state index is 0. The summed E-state index contributed by atoms with van der Waals surface area (Å²) in [5.41, 5.74) is 6.70. The Morgan fingerprint density at radius 1 is 0.508 bits per heavy atom. The van der Waals surface area contributed by atoms with E-state index in [2.05, 4.69) is 249 Å². The Morgan fingerprint density at radius 2 is 0.933 bits per heavy atom. The first kappa shape index (κ1) is 93.3. The maximum atomic E-state index is 12.8. The van der Waals surface area contributed by atoms with Crippen LogP contribution in [0.3, 0.4) is 0 Å². The normalized spacial score (nSPS) is 18.4. The summed E-state index contributed by atoms with van der Waals surface area (Å²) in [7, 11) is 8.25. The second kappa shape index (κ2) is 45.8. The number of rotatable bonds is 26. The summed E-state index contributed by atoms with van der Waals surface area (Å²) in [6.45, 7) is 29.1. The monoisotopic (exact) mass is 1720 g/mol. The molecule has 0 aliphatic carbocycles. The number of H-pyrrole nitrogens is 2. The van der Waals surface area contributed by atoms with Gasteiger partial charge in [0.25, 0.3) is 0 Å². The SMILES string of the molecule is C.C.CN(c1ncnc2[nH]ncc12)[C@H]1CCCN(C(=O)CNc2cc(Cl)cc(Cl)c2)C1.CN(c1ncnc2[nH]ncc12)[C@H]1CCCNC1.CN(c1ncnc2c1cnn2COCC[Si](C)(C)C)[C@H]1CCCN(Cc2ccccc2)C1.CN(c1ncnc2c1cnn2COCC[Si](C)(C)C)[C@H]1CCCNC1.CN[C@H]1CCCN(Cc2ccccc2)C1. The molecule has 34 heteroatoms. The van der Waals surface area contributed by atoms with Crippen molar-refractivity contribution in [2.75, 3.05) is 145 Å². The van der Waals surface area contributed by atoms with Gasteiger partial charge in [0.15, 0.2) is 22.6 Å². The summed E-state index contributed by atoms with van der Waals surface area (Å²) in [6, 6.07) is 31.2. The largest absolute Gasteiger partial charge is 0.376 e. The lowest BCUT2D eigenvalue weighted by Gasteiger charge is -2.38. The van der Waals surface area contributed by atoms with Crippen LogP contribution < -0.4 is 40.9 Å². The third kappa shape index (κ3) is 26.8. The highest BCUT2D eigenvalue weighted by Crippen LogP contribution is 2.32. The zero-order chi connectivity index (χ0) is 83.0. The summed E-state index contributed by atoms with van der Waals surface area (Å²) >= 11 is 12.0. The van der Waals surface area contributed by atoms with Crippen molar-refractivity contribution < 1.29 is 14.3 Å². The molecule has 650 valence electrons. The average molecular weight is 1720 g/mol. The van der Waals surface area contributed by atoms with Gasteiger partial charge in [-0.3, -0.25) is 24.8 Å². The lowest BCUT2D eigenvalue weighted by molar-refractivity contribution is -0.130. The maximum absolute atomic E-state index is 12.8. The Balaban J connectivity index is 0.000000161. The molecule has 5 fully saturated rings. The van der Waals surface area contributed by atoms with E-state index in [1.54, 1.807) is 49.6 Å². The topological polar surface area (TPSA) is 302 Å². The average Bonchev–Trinajstić information content (AvgIpc) is 1.64. The fourth-order valence-corrected chi connectivity index (χ4v) is 17.7. The van der Waals surface area contributed by atoms with E-state index in [-0.39, 0.29) is 33.3 Å². The van der Waals surface area contributed by atoms with E-state index in [1.807, 2.05) is 33.7 Å². The lowest BCUT2D eigenvalue weighted by Crippen LogP contribution is -2.50. The number of fused-ring (bicyclic) bond motifs is 4. The Morgan fingerprint density at radius 3 is 1.39 bits per heavy atom. The van der Waals surface area contributed by atoms with E-state index >= 15 is 0 Å². The molecular formula is C86H131Cl2N27O3Si2. The van der Waals surface area contributed by atoms with E-state index in [0.29, 0.717) is 59.9 Å². The molecule has 0 saturated carbocycles. The van der Waals surface area contributed by atoms with Crippen LogP contribution in [0.15, 0.2) is 129 Å². The van der Waals surface area contributed by atoms with Crippen molar-refractivity contribution in [3.8, 4) is 0 Å². The van der Waals surface area contributed by atoms with Crippen molar-refractivity contribution in [2.24, 2.45) is 0 Å². The summed E-state index contributed by atoms with van der Waals surface area (Å²) in [5.74, 6) is 3.71. The molecule has 13 heterocycles. The van der Waals surface area contributed by atoms with Gasteiger partial charge in [0.2, 0.25) is 5.91 Å². The second-order valence-electron chi connectivity index (χ2n) is 34.0. The first-order valence-corrected chi connectivity index (χ1v) is 50.1. The zero-order valence-corrected chi connectivity index (χ0v) is 74.4. The van der Waals surface area contributed by atoms with E-state index in [4.69, 9.17) is 32.7 Å². The molecule has 3 aromatic carbocycles. The third-order valence-electron chi connectivity index (χ3n) is 22.7. The number of nitrogens with one attached hydrogen (secondary N) is 6. The van der Waals surface area contributed by atoms with Crippen molar-refractivity contribution in [1.82, 2.24) is 110 Å². The van der Waals surface area contributed by atoms with Crippen LogP contribution in [0, 0.1) is 0 Å². The van der Waals surface area contributed by atoms with Crippen LogP contribution in [-0.2, 0) is 40.8 Å². The molecule has 30 nitrogen and oxygen atoms in total. The number of piperidine rings is 5. The summed E-state index contributed by atoms with van der Waals surface area (Å²) in [4.78, 5) is 63.9. The number of aromatic nitrogens is 16. The number of benzene rings is 3. The first-order valence-electron chi connectivity index (χ1n) is 41.9. The van der Waals surface area contributed by atoms with Gasteiger partial charge in [0.1, 0.15) is 62.0 Å². The molecule has 5 aliphatic rings. The van der Waals surface area contributed by atoms with Gasteiger partial charge >= 0.3 is 0 Å². The van der Waals surface area contributed by atoms with Crippen LogP contribution in [-0.4, -0.2) is 267 Å². The van der Waals surface area contributed by atoms with Gasteiger partial charge in [-0.05, 0) is 139 Å². The predicted molar refractivity (Wildman–Crippen MR) is 494 cm³/mol. The smallest absolute Gasteiger partial charge is 0.241 e. The number of hydrogen-bond donors (Lipinski definition) is 6. The molecule has 5 atom stereocenters. The number of halogens is 2. The highest BCUT2D eigenvalue weighted by atomic mass is 35.5. The highest BCUT2D eigenvalue weighted by molar-refractivity contribution is 6.76. The molecule has 5 saturated heterocycles. The maximum Gasteiger partial charge on any atom is 0.241 e. The predicted octanol–water partition coefficient (Wildman–Crippen LogP) is 13.4. The number of amides is 1. The molecule has 120 heavy (non-hydrogen) atoms. The van der Waals surface area contributed by atoms with Gasteiger partial charge in [-0.15, -0.1) is 0 Å². The summed E-state index contributed by atoms with van der Waals surface area (Å²) < 4.78 is 15.4. The summed E-state index contributed by atoms with van der Waals surface area (Å²) in [5, 5.41) is 41.1. The van der Waals surface area contributed by atoms with Crippen LogP contribution in [0.1, 0.15) is 90.2 Å².